The van der Waals surface area contributed by atoms with Crippen molar-refractivity contribution in [2.45, 2.75) is 22.8 Å². The van der Waals surface area contributed by atoms with E-state index in [1.165, 1.54) is 19.1 Å². The van der Waals surface area contributed by atoms with Gasteiger partial charge >= 0.3 is 6.18 Å². The van der Waals surface area contributed by atoms with Gasteiger partial charge in [0.25, 0.3) is 0 Å². The van der Waals surface area contributed by atoms with Crippen LogP contribution in [0.4, 0.5) is 13.2 Å². The first kappa shape index (κ1) is 13.6. The van der Waals surface area contributed by atoms with Crippen LogP contribution in [-0.2, 0) is 6.18 Å². The molecule has 0 aromatic heterocycles. The zero-order valence-electron chi connectivity index (χ0n) is 8.18. The summed E-state index contributed by atoms with van der Waals surface area (Å²) in [5.74, 6) is -0.627. The fourth-order valence-corrected chi connectivity index (χ4v) is 1.78. The minimum absolute atomic E-state index is 0.0334. The number of Topliss-reactive ketones (excluding diaryl/α,β-unsaturated/α-hetero) is 1. The highest BCUT2D eigenvalue weighted by atomic mass is 79.9. The first-order valence-corrected chi connectivity index (χ1v) is 5.69. The van der Waals surface area contributed by atoms with Gasteiger partial charge in [-0.05, 0) is 19.1 Å². The van der Waals surface area contributed by atoms with Crippen molar-refractivity contribution >= 4 is 34.3 Å². The normalized spacial score (nSPS) is 13.6. The molecule has 1 nitrogen and oxygen atoms in total. The van der Waals surface area contributed by atoms with E-state index in [2.05, 4.69) is 28.6 Å². The molecule has 0 saturated carbocycles. The lowest BCUT2D eigenvalue weighted by Crippen LogP contribution is -2.18. The van der Waals surface area contributed by atoms with Crippen molar-refractivity contribution in [2.24, 2.45) is 0 Å². The van der Waals surface area contributed by atoms with Gasteiger partial charge in [-0.2, -0.15) is 13.2 Å². The summed E-state index contributed by atoms with van der Waals surface area (Å²) in [6.07, 6.45) is -4.55. The Morgan fingerprint density at radius 2 is 2.00 bits per heavy atom. The number of hydrogen-bond acceptors (Lipinski definition) is 2. The fourth-order valence-electron chi connectivity index (χ4n) is 1.23. The van der Waals surface area contributed by atoms with E-state index in [9.17, 15) is 18.0 Å². The van der Waals surface area contributed by atoms with Crippen LogP contribution >= 0.6 is 28.6 Å². The SMILES string of the molecule is CC(Br)C(=O)c1c(S)cccc1C(F)(F)F. The van der Waals surface area contributed by atoms with Crippen molar-refractivity contribution < 1.29 is 18.0 Å². The van der Waals surface area contributed by atoms with Crippen LogP contribution in [0.3, 0.4) is 0 Å². The first-order chi connectivity index (χ1) is 7.25. The monoisotopic (exact) mass is 312 g/mol. The summed E-state index contributed by atoms with van der Waals surface area (Å²) < 4.78 is 38.0. The molecule has 16 heavy (non-hydrogen) atoms. The number of thiol groups is 1. The van der Waals surface area contributed by atoms with Gasteiger partial charge < -0.3 is 0 Å². The molecule has 0 fully saturated rings. The van der Waals surface area contributed by atoms with Gasteiger partial charge in [0.05, 0.1) is 10.4 Å². The van der Waals surface area contributed by atoms with Crippen molar-refractivity contribution in [1.29, 1.82) is 0 Å². The van der Waals surface area contributed by atoms with E-state index in [-0.39, 0.29) is 10.5 Å². The molecule has 1 rings (SSSR count). The van der Waals surface area contributed by atoms with Gasteiger partial charge in [-0.3, -0.25) is 4.79 Å². The average molecular weight is 313 g/mol. The van der Waals surface area contributed by atoms with Crippen molar-refractivity contribution in [2.75, 3.05) is 0 Å². The third-order valence-corrected chi connectivity index (χ3v) is 2.74. The van der Waals surface area contributed by atoms with E-state index in [0.29, 0.717) is 0 Å². The van der Waals surface area contributed by atoms with E-state index >= 15 is 0 Å². The Bertz CT molecular complexity index is 415. The van der Waals surface area contributed by atoms with Crippen molar-refractivity contribution in [3.05, 3.63) is 29.3 Å². The van der Waals surface area contributed by atoms with Gasteiger partial charge in [-0.15, -0.1) is 12.6 Å². The molecule has 0 spiro atoms. The second-order valence-corrected chi connectivity index (χ2v) is 5.03. The van der Waals surface area contributed by atoms with E-state index < -0.39 is 22.4 Å². The van der Waals surface area contributed by atoms with Crippen LogP contribution in [0.25, 0.3) is 0 Å². The molecule has 0 bridgehead atoms. The lowest BCUT2D eigenvalue weighted by atomic mass is 10.0. The number of ketones is 1. The van der Waals surface area contributed by atoms with Gasteiger partial charge in [-0.1, -0.05) is 22.0 Å². The van der Waals surface area contributed by atoms with Crippen LogP contribution in [0.2, 0.25) is 0 Å². The maximum absolute atomic E-state index is 12.7. The maximum atomic E-state index is 12.7. The second kappa shape index (κ2) is 4.79. The molecule has 0 N–H and O–H groups in total. The molecule has 0 aliphatic carbocycles. The Balaban J connectivity index is 3.41. The molecule has 0 aliphatic rings. The predicted octanol–water partition coefficient (Wildman–Crippen LogP) is 3.96. The third kappa shape index (κ3) is 2.79. The topological polar surface area (TPSA) is 17.1 Å². The Hall–Kier alpha value is -0.490. The molecule has 0 aliphatic heterocycles. The minimum Gasteiger partial charge on any atom is -0.293 e. The fraction of sp³-hybridized carbons (Fsp3) is 0.300. The molecular formula is C10H8BrF3OS. The number of halogens is 4. The lowest BCUT2D eigenvalue weighted by molar-refractivity contribution is -0.138. The molecular weight excluding hydrogens is 305 g/mol. The number of carbonyl (C=O) groups excluding carboxylic acids is 1. The molecule has 0 radical (unpaired) electrons. The summed E-state index contributed by atoms with van der Waals surface area (Å²) in [4.78, 5) is 11.0. The summed E-state index contributed by atoms with van der Waals surface area (Å²) in [6, 6.07) is 3.46. The smallest absolute Gasteiger partial charge is 0.293 e. The summed E-state index contributed by atoms with van der Waals surface area (Å²) in [7, 11) is 0. The van der Waals surface area contributed by atoms with E-state index in [0.717, 1.165) is 6.07 Å². The van der Waals surface area contributed by atoms with Crippen LogP contribution in [0.1, 0.15) is 22.8 Å². The van der Waals surface area contributed by atoms with Gasteiger partial charge in [0.2, 0.25) is 0 Å². The molecule has 1 unspecified atom stereocenters. The minimum atomic E-state index is -4.55. The Kier molecular flexibility index (Phi) is 4.07. The molecule has 0 amide bonds. The maximum Gasteiger partial charge on any atom is 0.417 e. The van der Waals surface area contributed by atoms with Crippen LogP contribution in [0.15, 0.2) is 23.1 Å². The highest BCUT2D eigenvalue weighted by molar-refractivity contribution is 9.10. The lowest BCUT2D eigenvalue weighted by Gasteiger charge is -2.14. The second-order valence-electron chi connectivity index (χ2n) is 3.18. The standard InChI is InChI=1S/C10H8BrF3OS/c1-5(11)9(15)8-6(10(12,13)14)3-2-4-7(8)16/h2-5,16H,1H3. The number of hydrogen-bond donors (Lipinski definition) is 1. The number of alkyl halides is 4. The third-order valence-electron chi connectivity index (χ3n) is 1.96. The molecule has 88 valence electrons. The van der Waals surface area contributed by atoms with Crippen LogP contribution in [-0.4, -0.2) is 10.6 Å². The number of carbonyl (C=O) groups is 1. The molecule has 6 heteroatoms. The van der Waals surface area contributed by atoms with E-state index in [1.54, 1.807) is 0 Å². The van der Waals surface area contributed by atoms with Crippen molar-refractivity contribution in [3.8, 4) is 0 Å². The summed E-state index contributed by atoms with van der Waals surface area (Å²) in [5, 5.41) is 0. The highest BCUT2D eigenvalue weighted by Crippen LogP contribution is 2.35. The van der Waals surface area contributed by atoms with Crippen molar-refractivity contribution in [1.82, 2.24) is 0 Å². The van der Waals surface area contributed by atoms with E-state index in [4.69, 9.17) is 0 Å². The molecule has 1 atom stereocenters. The van der Waals surface area contributed by atoms with Crippen LogP contribution in [0, 0.1) is 0 Å². The van der Waals surface area contributed by atoms with Gasteiger partial charge in [0.15, 0.2) is 5.78 Å². The first-order valence-electron chi connectivity index (χ1n) is 4.32. The average Bonchev–Trinajstić information content (AvgIpc) is 2.14. The van der Waals surface area contributed by atoms with Crippen LogP contribution < -0.4 is 0 Å². The number of rotatable bonds is 2. The van der Waals surface area contributed by atoms with Gasteiger partial charge in [-0.25, -0.2) is 0 Å². The molecule has 0 heterocycles. The summed E-state index contributed by atoms with van der Waals surface area (Å²) in [6.45, 7) is 1.47. The largest absolute Gasteiger partial charge is 0.417 e. The zero-order valence-corrected chi connectivity index (χ0v) is 10.7. The van der Waals surface area contributed by atoms with Crippen LogP contribution in [0.5, 0.6) is 0 Å². The summed E-state index contributed by atoms with van der Waals surface area (Å²) in [5.41, 5.74) is -1.33. The van der Waals surface area contributed by atoms with Gasteiger partial charge in [0, 0.05) is 10.5 Å². The van der Waals surface area contributed by atoms with Gasteiger partial charge in [0.1, 0.15) is 0 Å². The Morgan fingerprint density at radius 1 is 1.44 bits per heavy atom. The Labute approximate surface area is 105 Å². The molecule has 1 aromatic rings. The van der Waals surface area contributed by atoms with Crippen molar-refractivity contribution in [3.63, 3.8) is 0 Å². The molecule has 0 saturated heterocycles. The number of benzene rings is 1. The zero-order chi connectivity index (χ0) is 12.5. The molecule has 1 aromatic carbocycles. The quantitative estimate of drug-likeness (QED) is 0.497. The summed E-state index contributed by atoms with van der Waals surface area (Å²) >= 11 is 6.85. The highest BCUT2D eigenvalue weighted by Gasteiger charge is 2.36. The Morgan fingerprint density at radius 3 is 2.44 bits per heavy atom. The van der Waals surface area contributed by atoms with E-state index in [1.807, 2.05) is 0 Å². The predicted molar refractivity (Wildman–Crippen MR) is 61.4 cm³/mol.